The highest BCUT2D eigenvalue weighted by Gasteiger charge is 2.40. The SMILES string of the molecule is CC(C)C(=O)N[C@@H](CN[C@@H](CCCCNC(=O)OC(C)(C)C)C(=O)O)[C@@H](C)O[Si](C)(C)C(C)(C)C. The van der Waals surface area contributed by atoms with Crippen molar-refractivity contribution in [2.75, 3.05) is 13.1 Å². The van der Waals surface area contributed by atoms with Gasteiger partial charge in [0.05, 0.1) is 12.1 Å². The van der Waals surface area contributed by atoms with Gasteiger partial charge in [-0.2, -0.15) is 0 Å². The molecule has 0 aliphatic rings. The quantitative estimate of drug-likeness (QED) is 0.200. The smallest absolute Gasteiger partial charge is 0.407 e. The number of alkyl carbamates (subject to hydrolysis) is 1. The zero-order valence-corrected chi connectivity index (χ0v) is 24.8. The molecule has 0 fully saturated rings. The number of unbranched alkanes of at least 4 members (excludes halogenated alkanes) is 1. The predicted octanol–water partition coefficient (Wildman–Crippen LogP) is 4.28. The number of ether oxygens (including phenoxy) is 1. The Bertz CT molecular complexity index is 686. The standard InChI is InChI=1S/C25H51N3O6Si/c1-17(2)21(29)28-20(18(3)34-35(10,11)25(7,8)9)16-27-19(22(30)31)14-12-13-15-26-23(32)33-24(4,5)6/h17-20,27H,12-16H2,1-11H3,(H,26,32)(H,28,29)(H,30,31)/t18-,19+,20+/m1/s1. The zero-order chi connectivity index (χ0) is 27.6. The molecular weight excluding hydrogens is 466 g/mol. The molecular formula is C25H51N3O6Si. The number of hydrogen-bond acceptors (Lipinski definition) is 6. The van der Waals surface area contributed by atoms with Crippen LogP contribution < -0.4 is 16.0 Å². The summed E-state index contributed by atoms with van der Waals surface area (Å²) in [5, 5.41) is 18.5. The zero-order valence-electron chi connectivity index (χ0n) is 23.8. The molecule has 0 saturated carbocycles. The van der Waals surface area contributed by atoms with Crippen molar-refractivity contribution in [1.29, 1.82) is 0 Å². The van der Waals surface area contributed by atoms with Gasteiger partial charge in [0, 0.05) is 19.0 Å². The molecule has 4 N–H and O–H groups in total. The van der Waals surface area contributed by atoms with Gasteiger partial charge in [-0.1, -0.05) is 34.6 Å². The van der Waals surface area contributed by atoms with Crippen molar-refractivity contribution in [1.82, 2.24) is 16.0 Å². The number of carboxylic acid groups (broad SMARTS) is 1. The van der Waals surface area contributed by atoms with Crippen LogP contribution in [0.3, 0.4) is 0 Å². The minimum atomic E-state index is -2.08. The third kappa shape index (κ3) is 13.9. The maximum Gasteiger partial charge on any atom is 0.407 e. The van der Waals surface area contributed by atoms with E-state index in [0.717, 1.165) is 0 Å². The number of carbonyl (C=O) groups is 3. The fraction of sp³-hybridized carbons (Fsp3) is 0.880. The minimum absolute atomic E-state index is 0.0121. The van der Waals surface area contributed by atoms with E-state index >= 15 is 0 Å². The van der Waals surface area contributed by atoms with E-state index < -0.39 is 32.0 Å². The van der Waals surface area contributed by atoms with Gasteiger partial charge < -0.3 is 30.2 Å². The number of aliphatic carboxylic acids is 1. The van der Waals surface area contributed by atoms with Gasteiger partial charge in [-0.05, 0) is 65.1 Å². The molecule has 35 heavy (non-hydrogen) atoms. The van der Waals surface area contributed by atoms with E-state index in [0.29, 0.717) is 25.8 Å². The monoisotopic (exact) mass is 517 g/mol. The fourth-order valence-corrected chi connectivity index (χ4v) is 4.41. The first-order valence-electron chi connectivity index (χ1n) is 12.7. The Hall–Kier alpha value is -1.65. The van der Waals surface area contributed by atoms with Crippen LogP contribution in [0.5, 0.6) is 0 Å². The summed E-state index contributed by atoms with van der Waals surface area (Å²) < 4.78 is 11.7. The van der Waals surface area contributed by atoms with Gasteiger partial charge >= 0.3 is 12.1 Å². The molecule has 10 heteroatoms. The highest BCUT2D eigenvalue weighted by molar-refractivity contribution is 6.74. The van der Waals surface area contributed by atoms with Gasteiger partial charge in [0.1, 0.15) is 11.6 Å². The Labute approximate surface area is 213 Å². The number of amides is 2. The van der Waals surface area contributed by atoms with E-state index in [2.05, 4.69) is 49.8 Å². The first kappa shape index (κ1) is 33.3. The van der Waals surface area contributed by atoms with Crippen LogP contribution >= 0.6 is 0 Å². The lowest BCUT2D eigenvalue weighted by atomic mass is 10.1. The summed E-state index contributed by atoms with van der Waals surface area (Å²) in [6, 6.07) is -1.13. The lowest BCUT2D eigenvalue weighted by Gasteiger charge is -2.40. The van der Waals surface area contributed by atoms with Crippen LogP contribution in [0.2, 0.25) is 18.1 Å². The van der Waals surface area contributed by atoms with Gasteiger partial charge in [0.25, 0.3) is 0 Å². The third-order valence-corrected chi connectivity index (χ3v) is 10.7. The molecule has 0 bridgehead atoms. The van der Waals surface area contributed by atoms with Gasteiger partial charge in [0.2, 0.25) is 5.91 Å². The molecule has 0 aromatic heterocycles. The largest absolute Gasteiger partial charge is 0.480 e. The normalized spacial score (nSPS) is 15.3. The fourth-order valence-electron chi connectivity index (χ4n) is 2.97. The van der Waals surface area contributed by atoms with E-state index in [1.807, 2.05) is 20.8 Å². The number of carboxylic acids is 1. The van der Waals surface area contributed by atoms with Crippen LogP contribution in [0.1, 0.15) is 81.6 Å². The van der Waals surface area contributed by atoms with Crippen LogP contribution in [0.25, 0.3) is 0 Å². The van der Waals surface area contributed by atoms with Gasteiger partial charge in [-0.25, -0.2) is 4.79 Å². The molecule has 0 aromatic rings. The summed E-state index contributed by atoms with van der Waals surface area (Å²) >= 11 is 0. The highest BCUT2D eigenvalue weighted by atomic mass is 28.4. The molecule has 0 unspecified atom stereocenters. The van der Waals surface area contributed by atoms with Crippen LogP contribution in [0, 0.1) is 5.92 Å². The summed E-state index contributed by atoms with van der Waals surface area (Å²) in [4.78, 5) is 36.0. The second-order valence-corrected chi connectivity index (χ2v) is 16.8. The average Bonchev–Trinajstić information content (AvgIpc) is 2.65. The predicted molar refractivity (Wildman–Crippen MR) is 142 cm³/mol. The Kier molecular flexibility index (Phi) is 13.5. The number of nitrogens with one attached hydrogen (secondary N) is 3. The van der Waals surface area contributed by atoms with E-state index in [1.165, 1.54) is 0 Å². The van der Waals surface area contributed by atoms with Crippen molar-refractivity contribution >= 4 is 26.3 Å². The van der Waals surface area contributed by atoms with Crippen molar-refractivity contribution in [2.45, 2.75) is 123 Å². The molecule has 0 aliphatic heterocycles. The lowest BCUT2D eigenvalue weighted by molar-refractivity contribution is -0.139. The average molecular weight is 518 g/mol. The molecule has 0 spiro atoms. The van der Waals surface area contributed by atoms with Crippen molar-refractivity contribution in [3.63, 3.8) is 0 Å². The molecule has 9 nitrogen and oxygen atoms in total. The van der Waals surface area contributed by atoms with Crippen LogP contribution in [-0.4, -0.2) is 68.3 Å². The summed E-state index contributed by atoms with van der Waals surface area (Å²) in [6.07, 6.45) is 0.874. The van der Waals surface area contributed by atoms with Crippen molar-refractivity contribution in [3.05, 3.63) is 0 Å². The van der Waals surface area contributed by atoms with Crippen molar-refractivity contribution in [3.8, 4) is 0 Å². The summed E-state index contributed by atoms with van der Waals surface area (Å²) in [5.74, 6) is -1.23. The second-order valence-electron chi connectivity index (χ2n) is 12.1. The maximum atomic E-state index is 12.4. The molecule has 0 saturated heterocycles. The van der Waals surface area contributed by atoms with E-state index in [1.54, 1.807) is 20.8 Å². The van der Waals surface area contributed by atoms with Gasteiger partial charge in [-0.3, -0.25) is 9.59 Å². The summed E-state index contributed by atoms with van der Waals surface area (Å²) in [7, 11) is -2.08. The second kappa shape index (κ2) is 14.2. The molecule has 3 atom stereocenters. The van der Waals surface area contributed by atoms with E-state index in [9.17, 15) is 19.5 Å². The van der Waals surface area contributed by atoms with E-state index in [4.69, 9.17) is 9.16 Å². The minimum Gasteiger partial charge on any atom is -0.480 e. The molecule has 2 amide bonds. The Morgan fingerprint density at radius 1 is 0.971 bits per heavy atom. The third-order valence-electron chi connectivity index (χ3n) is 6.18. The number of hydrogen-bond donors (Lipinski definition) is 4. The first-order chi connectivity index (χ1) is 15.8. The van der Waals surface area contributed by atoms with Gasteiger partial charge in [0.15, 0.2) is 8.32 Å². The summed E-state index contributed by atoms with van der Waals surface area (Å²) in [6.45, 7) is 22.4. The first-order valence-corrected chi connectivity index (χ1v) is 15.6. The van der Waals surface area contributed by atoms with Crippen molar-refractivity contribution in [2.24, 2.45) is 5.92 Å². The van der Waals surface area contributed by atoms with Crippen LogP contribution in [-0.2, 0) is 18.8 Å². The molecule has 206 valence electrons. The molecule has 0 heterocycles. The Morgan fingerprint density at radius 2 is 1.54 bits per heavy atom. The molecule has 0 aromatic carbocycles. The Balaban J connectivity index is 4.98. The highest BCUT2D eigenvalue weighted by Crippen LogP contribution is 2.37. The molecule has 0 rings (SSSR count). The van der Waals surface area contributed by atoms with Gasteiger partial charge in [-0.15, -0.1) is 0 Å². The number of carbonyl (C=O) groups excluding carboxylic acids is 2. The van der Waals surface area contributed by atoms with Crippen LogP contribution in [0.15, 0.2) is 0 Å². The lowest BCUT2D eigenvalue weighted by Crippen LogP contribution is -2.56. The Morgan fingerprint density at radius 3 is 2.00 bits per heavy atom. The van der Waals surface area contributed by atoms with Crippen LogP contribution in [0.4, 0.5) is 4.79 Å². The summed E-state index contributed by atoms with van der Waals surface area (Å²) in [5.41, 5.74) is -0.560. The number of rotatable bonds is 14. The topological polar surface area (TPSA) is 126 Å². The van der Waals surface area contributed by atoms with E-state index in [-0.39, 0.29) is 35.6 Å². The molecule has 0 radical (unpaired) electrons. The molecule has 0 aliphatic carbocycles. The van der Waals surface area contributed by atoms with Crippen molar-refractivity contribution < 1.29 is 28.7 Å². The maximum absolute atomic E-state index is 12.4.